The standard InChI is InChI=1S/C33H36N6O4S/c1-21-19-24(43-23-10-5-4-6-11-23)13-14-25(21)39-26-15-16-34-32-28(26)29(36-33(39)42)30(44-32)31(41)35-22-9-7-18-38(20-22)27(40)12-8-17-37(2)3/h4-6,8,10-16,19,22,29-30H,7,9,17-18,20H2,1-3H3,(H,35,41)(H,36,42). The van der Waals surface area contributed by atoms with E-state index in [0.29, 0.717) is 31.1 Å². The van der Waals surface area contributed by atoms with Crippen LogP contribution in [0.4, 0.5) is 16.2 Å². The van der Waals surface area contributed by atoms with Crippen LogP contribution < -0.4 is 20.3 Å². The van der Waals surface area contributed by atoms with Gasteiger partial charge in [0.2, 0.25) is 11.8 Å². The maximum Gasteiger partial charge on any atom is 0.327 e. The zero-order valence-electron chi connectivity index (χ0n) is 25.0. The molecule has 3 aliphatic rings. The lowest BCUT2D eigenvalue weighted by molar-refractivity contribution is -0.129. The number of para-hydroxylation sites is 1. The fourth-order valence-electron chi connectivity index (χ4n) is 5.88. The molecule has 0 spiro atoms. The van der Waals surface area contributed by atoms with Crippen LogP contribution in [0.5, 0.6) is 11.5 Å². The van der Waals surface area contributed by atoms with Gasteiger partial charge < -0.3 is 25.2 Å². The third-order valence-corrected chi connectivity index (χ3v) is 9.25. The van der Waals surface area contributed by atoms with Gasteiger partial charge in [-0.25, -0.2) is 9.78 Å². The van der Waals surface area contributed by atoms with Crippen molar-refractivity contribution in [3.05, 3.63) is 84.1 Å². The van der Waals surface area contributed by atoms with Crippen molar-refractivity contribution in [2.75, 3.05) is 38.6 Å². The Morgan fingerprint density at radius 1 is 1.14 bits per heavy atom. The third-order valence-electron chi connectivity index (χ3n) is 7.96. The molecule has 2 aromatic carbocycles. The number of benzene rings is 2. The normalized spacial score (nSPS) is 20.9. The molecule has 44 heavy (non-hydrogen) atoms. The number of ether oxygens (including phenoxy) is 1. The molecule has 0 bridgehead atoms. The van der Waals surface area contributed by atoms with Gasteiger partial charge in [0.1, 0.15) is 21.8 Å². The number of carbonyl (C=O) groups is 3. The number of nitrogens with one attached hydrogen (secondary N) is 2. The van der Waals surface area contributed by atoms with Crippen molar-refractivity contribution in [2.45, 2.75) is 42.1 Å². The third kappa shape index (κ3) is 6.15. The Morgan fingerprint density at radius 3 is 2.73 bits per heavy atom. The molecule has 2 N–H and O–H groups in total. The number of anilines is 2. The summed E-state index contributed by atoms with van der Waals surface area (Å²) < 4.78 is 5.99. The molecular formula is C33H36N6O4S. The minimum Gasteiger partial charge on any atom is -0.457 e. The molecule has 0 radical (unpaired) electrons. The highest BCUT2D eigenvalue weighted by Crippen LogP contribution is 2.51. The molecule has 3 aromatic rings. The molecule has 1 saturated heterocycles. The van der Waals surface area contributed by atoms with Crippen LogP contribution in [-0.2, 0) is 9.59 Å². The number of thioether (sulfide) groups is 1. The van der Waals surface area contributed by atoms with Gasteiger partial charge in [-0.2, -0.15) is 0 Å². The molecule has 4 heterocycles. The van der Waals surface area contributed by atoms with E-state index in [0.717, 1.165) is 40.4 Å². The number of piperidine rings is 1. The van der Waals surface area contributed by atoms with E-state index in [1.165, 1.54) is 11.8 Å². The number of urea groups is 1. The largest absolute Gasteiger partial charge is 0.457 e. The minimum absolute atomic E-state index is 0.0446. The van der Waals surface area contributed by atoms with E-state index in [1.54, 1.807) is 22.1 Å². The molecule has 228 valence electrons. The number of likely N-dealkylation sites (tertiary alicyclic amines) is 1. The summed E-state index contributed by atoms with van der Waals surface area (Å²) in [6.45, 7) is 3.75. The maximum absolute atomic E-state index is 13.7. The average Bonchev–Trinajstić information content (AvgIpc) is 3.38. The van der Waals surface area contributed by atoms with Gasteiger partial charge in [-0.3, -0.25) is 14.5 Å². The van der Waals surface area contributed by atoms with E-state index >= 15 is 0 Å². The maximum atomic E-state index is 13.7. The number of pyridine rings is 1. The summed E-state index contributed by atoms with van der Waals surface area (Å²) in [6, 6.07) is 16.0. The zero-order valence-corrected chi connectivity index (χ0v) is 25.8. The number of carbonyl (C=O) groups excluding carboxylic acids is 3. The van der Waals surface area contributed by atoms with Crippen molar-refractivity contribution < 1.29 is 19.1 Å². The number of hydrogen-bond acceptors (Lipinski definition) is 7. The Hall–Kier alpha value is -4.35. The van der Waals surface area contributed by atoms with Crippen molar-refractivity contribution in [1.29, 1.82) is 0 Å². The molecule has 0 aliphatic carbocycles. The fraction of sp³-hybridized carbons (Fsp3) is 0.333. The van der Waals surface area contributed by atoms with Crippen molar-refractivity contribution in [1.82, 2.24) is 25.4 Å². The van der Waals surface area contributed by atoms with Gasteiger partial charge in [0, 0.05) is 43.5 Å². The summed E-state index contributed by atoms with van der Waals surface area (Å²) in [5.41, 5.74) is 3.14. The second-order valence-corrected chi connectivity index (χ2v) is 12.6. The molecule has 1 aromatic heterocycles. The number of nitrogens with zero attached hydrogens (tertiary/aromatic N) is 4. The molecule has 10 nitrogen and oxygen atoms in total. The molecule has 6 rings (SSSR count). The molecule has 1 fully saturated rings. The van der Waals surface area contributed by atoms with Gasteiger partial charge in [0.25, 0.3) is 0 Å². The summed E-state index contributed by atoms with van der Waals surface area (Å²) in [6.07, 6.45) is 6.74. The van der Waals surface area contributed by atoms with Crippen LogP contribution in [0.25, 0.3) is 0 Å². The summed E-state index contributed by atoms with van der Waals surface area (Å²) in [7, 11) is 3.90. The van der Waals surface area contributed by atoms with Crippen LogP contribution >= 0.6 is 11.8 Å². The molecule has 4 amide bonds. The first-order chi connectivity index (χ1) is 21.3. The predicted octanol–water partition coefficient (Wildman–Crippen LogP) is 4.78. The predicted molar refractivity (Wildman–Crippen MR) is 170 cm³/mol. The average molecular weight is 613 g/mol. The van der Waals surface area contributed by atoms with Gasteiger partial charge in [0.15, 0.2) is 0 Å². The molecular weight excluding hydrogens is 576 g/mol. The first-order valence-electron chi connectivity index (χ1n) is 14.8. The fourth-order valence-corrected chi connectivity index (χ4v) is 7.12. The van der Waals surface area contributed by atoms with Gasteiger partial charge in [-0.05, 0) is 75.8 Å². The highest BCUT2D eigenvalue weighted by Gasteiger charge is 2.47. The molecule has 3 atom stereocenters. The highest BCUT2D eigenvalue weighted by atomic mass is 32.2. The number of likely N-dealkylation sites (N-methyl/N-ethyl adjacent to an activating group) is 1. The van der Waals surface area contributed by atoms with Crippen LogP contribution in [-0.4, -0.2) is 77.7 Å². The SMILES string of the molecule is Cc1cc(Oc2ccccc2)ccc1N1C(=O)NC2c3c1ccnc3SC2C(=O)NC1CCCN(C(=O)C=CCN(C)C)C1. The van der Waals surface area contributed by atoms with Gasteiger partial charge >= 0.3 is 6.03 Å². The smallest absolute Gasteiger partial charge is 0.327 e. The van der Waals surface area contributed by atoms with Crippen LogP contribution in [0.15, 0.2) is 78.0 Å². The summed E-state index contributed by atoms with van der Waals surface area (Å²) >= 11 is 1.37. The van der Waals surface area contributed by atoms with E-state index in [-0.39, 0.29) is 23.9 Å². The lowest BCUT2D eigenvalue weighted by Crippen LogP contribution is -2.53. The zero-order chi connectivity index (χ0) is 30.8. The topological polar surface area (TPSA) is 107 Å². The summed E-state index contributed by atoms with van der Waals surface area (Å²) in [5, 5.41) is 6.41. The Kier molecular flexibility index (Phi) is 8.58. The van der Waals surface area contributed by atoms with Crippen LogP contribution in [0.1, 0.15) is 30.0 Å². The van der Waals surface area contributed by atoms with Crippen LogP contribution in [0.2, 0.25) is 0 Å². The molecule has 3 aliphatic heterocycles. The Balaban J connectivity index is 1.17. The minimum atomic E-state index is -0.571. The van der Waals surface area contributed by atoms with Crippen molar-refractivity contribution >= 4 is 41.0 Å². The molecule has 11 heteroatoms. The van der Waals surface area contributed by atoms with Crippen molar-refractivity contribution in [3.8, 4) is 11.5 Å². The summed E-state index contributed by atoms with van der Waals surface area (Å²) in [5.74, 6) is 1.19. The number of hydrogen-bond donors (Lipinski definition) is 2. The quantitative estimate of drug-likeness (QED) is 0.353. The Labute approximate surface area is 261 Å². The Morgan fingerprint density at radius 2 is 1.95 bits per heavy atom. The lowest BCUT2D eigenvalue weighted by atomic mass is 9.98. The monoisotopic (exact) mass is 612 g/mol. The Bertz CT molecular complexity index is 1600. The second-order valence-electron chi connectivity index (χ2n) is 11.5. The number of aryl methyl sites for hydroxylation is 1. The second kappa shape index (κ2) is 12.7. The highest BCUT2D eigenvalue weighted by molar-refractivity contribution is 8.01. The summed E-state index contributed by atoms with van der Waals surface area (Å²) in [4.78, 5) is 50.0. The van der Waals surface area contributed by atoms with E-state index in [4.69, 9.17) is 4.74 Å². The molecule has 0 saturated carbocycles. The van der Waals surface area contributed by atoms with E-state index in [2.05, 4.69) is 15.6 Å². The number of rotatable bonds is 8. The van der Waals surface area contributed by atoms with Gasteiger partial charge in [-0.1, -0.05) is 36.0 Å². The van der Waals surface area contributed by atoms with Gasteiger partial charge in [-0.15, -0.1) is 0 Å². The van der Waals surface area contributed by atoms with Crippen LogP contribution in [0, 0.1) is 6.92 Å². The van der Waals surface area contributed by atoms with Crippen molar-refractivity contribution in [2.24, 2.45) is 0 Å². The molecule has 3 unspecified atom stereocenters. The van der Waals surface area contributed by atoms with E-state index < -0.39 is 11.3 Å². The van der Waals surface area contributed by atoms with E-state index in [9.17, 15) is 14.4 Å². The first-order valence-corrected chi connectivity index (χ1v) is 15.7. The number of amides is 4. The number of aromatic nitrogens is 1. The van der Waals surface area contributed by atoms with Crippen molar-refractivity contribution in [3.63, 3.8) is 0 Å². The first kappa shape index (κ1) is 29.7. The van der Waals surface area contributed by atoms with Crippen LogP contribution in [0.3, 0.4) is 0 Å². The van der Waals surface area contributed by atoms with Gasteiger partial charge in [0.05, 0.1) is 17.4 Å². The van der Waals surface area contributed by atoms with E-state index in [1.807, 2.05) is 86.6 Å². The lowest BCUT2D eigenvalue weighted by Gasteiger charge is -2.36.